The summed E-state index contributed by atoms with van der Waals surface area (Å²) in [5, 5.41) is 3.88. The highest BCUT2D eigenvalue weighted by Crippen LogP contribution is 2.26. The number of hydrogen-bond acceptors (Lipinski definition) is 6. The number of likely N-dealkylation sites (tertiary alicyclic amines) is 1. The van der Waals surface area contributed by atoms with E-state index in [9.17, 15) is 9.59 Å². The van der Waals surface area contributed by atoms with E-state index in [1.807, 2.05) is 82.6 Å². The highest BCUT2D eigenvalue weighted by atomic mass is 16.5. The van der Waals surface area contributed by atoms with Crippen LogP contribution < -0.4 is 0 Å². The molecule has 0 bridgehead atoms. The van der Waals surface area contributed by atoms with Crippen molar-refractivity contribution in [1.29, 1.82) is 0 Å². The van der Waals surface area contributed by atoms with Crippen LogP contribution in [0, 0.1) is 6.92 Å². The van der Waals surface area contributed by atoms with Gasteiger partial charge in [-0.3, -0.25) is 14.5 Å². The highest BCUT2D eigenvalue weighted by molar-refractivity contribution is 5.96. The molecule has 8 heteroatoms. The summed E-state index contributed by atoms with van der Waals surface area (Å²) >= 11 is 0. The quantitative estimate of drug-likeness (QED) is 0.366. The van der Waals surface area contributed by atoms with Crippen LogP contribution in [0.15, 0.2) is 83.4 Å². The zero-order valence-corrected chi connectivity index (χ0v) is 22.7. The van der Waals surface area contributed by atoms with Crippen molar-refractivity contribution in [3.8, 4) is 22.5 Å². The number of nitrogens with zero attached hydrogens (tertiary/aromatic N) is 5. The lowest BCUT2D eigenvalue weighted by Gasteiger charge is -2.42. The van der Waals surface area contributed by atoms with E-state index in [-0.39, 0.29) is 11.8 Å². The smallest absolute Gasteiger partial charge is 0.276 e. The van der Waals surface area contributed by atoms with Crippen LogP contribution in [0.3, 0.4) is 0 Å². The van der Waals surface area contributed by atoms with Crippen molar-refractivity contribution in [3.63, 3.8) is 0 Å². The maximum Gasteiger partial charge on any atom is 0.276 e. The minimum Gasteiger partial charge on any atom is -0.361 e. The predicted molar refractivity (Wildman–Crippen MR) is 153 cm³/mol. The number of piperazine rings is 1. The van der Waals surface area contributed by atoms with Gasteiger partial charge in [0.05, 0.1) is 11.4 Å². The lowest BCUT2D eigenvalue weighted by molar-refractivity contribution is 0.0409. The molecule has 2 amide bonds. The second kappa shape index (κ2) is 11.4. The molecule has 8 nitrogen and oxygen atoms in total. The fourth-order valence-corrected chi connectivity index (χ4v) is 5.70. The number of pyridine rings is 1. The van der Waals surface area contributed by atoms with Crippen molar-refractivity contribution in [2.75, 3.05) is 39.3 Å². The average Bonchev–Trinajstić information content (AvgIpc) is 3.47. The molecule has 0 spiro atoms. The summed E-state index contributed by atoms with van der Waals surface area (Å²) in [6, 6.07) is 26.0. The molecular weight excluding hydrogens is 502 g/mol. The summed E-state index contributed by atoms with van der Waals surface area (Å²) in [7, 11) is 0. The summed E-state index contributed by atoms with van der Waals surface area (Å²) in [5.41, 5.74) is 4.61. The Balaban J connectivity index is 1.11. The largest absolute Gasteiger partial charge is 0.361 e. The lowest BCUT2D eigenvalue weighted by Crippen LogP contribution is -2.54. The fourth-order valence-electron chi connectivity index (χ4n) is 5.70. The van der Waals surface area contributed by atoms with Gasteiger partial charge in [-0.05, 0) is 31.9 Å². The molecule has 2 aromatic heterocycles. The first kappa shape index (κ1) is 26.0. The first-order chi connectivity index (χ1) is 19.5. The molecule has 2 aromatic carbocycles. The summed E-state index contributed by atoms with van der Waals surface area (Å²) in [6.07, 6.45) is 1.84. The van der Waals surface area contributed by atoms with E-state index >= 15 is 0 Å². The van der Waals surface area contributed by atoms with E-state index in [0.29, 0.717) is 49.2 Å². The molecule has 0 aliphatic carbocycles. The molecule has 4 heterocycles. The topological polar surface area (TPSA) is 82.8 Å². The Hall–Kier alpha value is -4.30. The van der Waals surface area contributed by atoms with Crippen LogP contribution in [-0.2, 0) is 0 Å². The first-order valence-corrected chi connectivity index (χ1v) is 13.9. The van der Waals surface area contributed by atoms with Crippen LogP contribution in [0.5, 0.6) is 0 Å². The van der Waals surface area contributed by atoms with Gasteiger partial charge in [0, 0.05) is 68.1 Å². The SMILES string of the molecule is Cc1cc(C(=O)N2CCC(N3CCN(C(=O)c4cc(-c5ccccc5)nc(-c5ccccc5)c4)CC3)CC2)no1. The number of hydrogen-bond donors (Lipinski definition) is 0. The number of carbonyl (C=O) groups excluding carboxylic acids is 2. The van der Waals surface area contributed by atoms with Crippen LogP contribution in [0.4, 0.5) is 0 Å². The third-order valence-electron chi connectivity index (χ3n) is 7.93. The molecule has 2 aliphatic heterocycles. The molecule has 0 radical (unpaired) electrons. The Morgan fingerprint density at radius 2 is 1.27 bits per heavy atom. The number of carbonyl (C=O) groups is 2. The number of aromatic nitrogens is 2. The third kappa shape index (κ3) is 5.53. The van der Waals surface area contributed by atoms with Crippen LogP contribution in [0.1, 0.15) is 39.4 Å². The van der Waals surface area contributed by atoms with Gasteiger partial charge in [-0.1, -0.05) is 65.8 Å². The Morgan fingerprint density at radius 1 is 0.725 bits per heavy atom. The number of piperidine rings is 1. The van der Waals surface area contributed by atoms with Gasteiger partial charge in [-0.2, -0.15) is 0 Å². The number of aryl methyl sites for hydroxylation is 1. The van der Waals surface area contributed by atoms with Crippen LogP contribution in [-0.4, -0.2) is 82.0 Å². The summed E-state index contributed by atoms with van der Waals surface area (Å²) in [4.78, 5) is 37.6. The lowest BCUT2D eigenvalue weighted by atomic mass is 10.0. The highest BCUT2D eigenvalue weighted by Gasteiger charge is 2.31. The Labute approximate surface area is 234 Å². The zero-order valence-electron chi connectivity index (χ0n) is 22.7. The molecule has 0 saturated carbocycles. The van der Waals surface area contributed by atoms with Crippen molar-refractivity contribution in [2.45, 2.75) is 25.8 Å². The summed E-state index contributed by atoms with van der Waals surface area (Å²) in [5.74, 6) is 0.623. The summed E-state index contributed by atoms with van der Waals surface area (Å²) < 4.78 is 5.07. The Kier molecular flexibility index (Phi) is 7.42. The van der Waals surface area contributed by atoms with Crippen molar-refractivity contribution < 1.29 is 14.1 Å². The standard InChI is InChI=1S/C32H33N5O3/c1-23-20-30(34-40-23)32(39)36-14-12-27(13-15-36)35-16-18-37(19-17-35)31(38)26-21-28(24-8-4-2-5-9-24)33-29(22-26)25-10-6-3-7-11-25/h2-11,20-22,27H,12-19H2,1H3. The molecule has 2 saturated heterocycles. The second-order valence-corrected chi connectivity index (χ2v) is 10.5. The number of rotatable bonds is 5. The molecule has 0 atom stereocenters. The van der Waals surface area contributed by atoms with Crippen molar-refractivity contribution in [3.05, 3.63) is 95.9 Å². The molecule has 0 unspecified atom stereocenters. The Morgan fingerprint density at radius 3 is 1.80 bits per heavy atom. The molecule has 204 valence electrons. The van der Waals surface area contributed by atoms with E-state index in [2.05, 4.69) is 10.1 Å². The van der Waals surface area contributed by atoms with E-state index in [0.717, 1.165) is 48.4 Å². The second-order valence-electron chi connectivity index (χ2n) is 10.5. The van der Waals surface area contributed by atoms with Gasteiger partial charge < -0.3 is 14.3 Å². The van der Waals surface area contributed by atoms with Gasteiger partial charge in [0.1, 0.15) is 5.76 Å². The molecule has 0 N–H and O–H groups in total. The minimum absolute atomic E-state index is 0.0414. The van der Waals surface area contributed by atoms with Gasteiger partial charge in [-0.25, -0.2) is 4.98 Å². The minimum atomic E-state index is -0.0622. The van der Waals surface area contributed by atoms with Gasteiger partial charge in [0.2, 0.25) is 0 Å². The molecule has 6 rings (SSSR count). The van der Waals surface area contributed by atoms with Crippen LogP contribution in [0.2, 0.25) is 0 Å². The Bertz CT molecular complexity index is 1410. The molecule has 2 aliphatic rings. The fraction of sp³-hybridized carbons (Fsp3) is 0.312. The van der Waals surface area contributed by atoms with E-state index in [1.165, 1.54) is 0 Å². The van der Waals surface area contributed by atoms with Crippen molar-refractivity contribution in [1.82, 2.24) is 24.8 Å². The number of benzene rings is 2. The van der Waals surface area contributed by atoms with E-state index in [1.54, 1.807) is 13.0 Å². The molecule has 2 fully saturated rings. The van der Waals surface area contributed by atoms with Crippen LogP contribution in [0.25, 0.3) is 22.5 Å². The molecule has 40 heavy (non-hydrogen) atoms. The molecule has 4 aromatic rings. The normalized spacial score (nSPS) is 16.7. The average molecular weight is 536 g/mol. The first-order valence-electron chi connectivity index (χ1n) is 13.9. The van der Waals surface area contributed by atoms with Gasteiger partial charge in [-0.15, -0.1) is 0 Å². The zero-order chi connectivity index (χ0) is 27.5. The van der Waals surface area contributed by atoms with Crippen LogP contribution >= 0.6 is 0 Å². The van der Waals surface area contributed by atoms with Gasteiger partial charge >= 0.3 is 0 Å². The van der Waals surface area contributed by atoms with E-state index < -0.39 is 0 Å². The van der Waals surface area contributed by atoms with E-state index in [4.69, 9.17) is 9.51 Å². The molecular formula is C32H33N5O3. The van der Waals surface area contributed by atoms with Crippen molar-refractivity contribution >= 4 is 11.8 Å². The summed E-state index contributed by atoms with van der Waals surface area (Å²) in [6.45, 7) is 6.22. The van der Waals surface area contributed by atoms with Crippen molar-refractivity contribution in [2.24, 2.45) is 0 Å². The maximum atomic E-state index is 13.7. The maximum absolute atomic E-state index is 13.7. The third-order valence-corrected chi connectivity index (χ3v) is 7.93. The monoisotopic (exact) mass is 535 g/mol. The number of amides is 2. The predicted octanol–water partition coefficient (Wildman–Crippen LogP) is 4.77. The van der Waals surface area contributed by atoms with Gasteiger partial charge in [0.25, 0.3) is 11.8 Å². The van der Waals surface area contributed by atoms with Gasteiger partial charge in [0.15, 0.2) is 5.69 Å².